The monoisotopic (exact) mass is 231 g/mol. The normalized spacial score (nSPS) is 24.8. The van der Waals surface area contributed by atoms with E-state index in [9.17, 15) is 0 Å². The van der Waals surface area contributed by atoms with Crippen molar-refractivity contribution in [2.24, 2.45) is 5.92 Å². The van der Waals surface area contributed by atoms with Crippen molar-refractivity contribution in [2.75, 3.05) is 6.54 Å². The van der Waals surface area contributed by atoms with Crippen LogP contribution in [0.15, 0.2) is 24.3 Å². The SMILES string of the molecule is CCCc1ccc(C2CC(CC)CCN2)cc1. The van der Waals surface area contributed by atoms with Gasteiger partial charge in [0.15, 0.2) is 0 Å². The average molecular weight is 231 g/mol. The first-order valence-electron chi connectivity index (χ1n) is 7.15. The Hall–Kier alpha value is -0.820. The maximum Gasteiger partial charge on any atom is 0.0322 e. The van der Waals surface area contributed by atoms with Crippen molar-refractivity contribution in [2.45, 2.75) is 52.0 Å². The van der Waals surface area contributed by atoms with Gasteiger partial charge in [0.05, 0.1) is 0 Å². The minimum Gasteiger partial charge on any atom is -0.310 e. The maximum atomic E-state index is 3.65. The van der Waals surface area contributed by atoms with Crippen LogP contribution in [0.5, 0.6) is 0 Å². The minimum atomic E-state index is 0.587. The number of nitrogens with one attached hydrogen (secondary N) is 1. The molecule has 94 valence electrons. The molecule has 1 N–H and O–H groups in total. The lowest BCUT2D eigenvalue weighted by molar-refractivity contribution is 0.299. The number of hydrogen-bond donors (Lipinski definition) is 1. The summed E-state index contributed by atoms with van der Waals surface area (Å²) in [6.45, 7) is 5.74. The van der Waals surface area contributed by atoms with Gasteiger partial charge in [-0.2, -0.15) is 0 Å². The molecule has 2 unspecified atom stereocenters. The van der Waals surface area contributed by atoms with Crippen LogP contribution in [0.25, 0.3) is 0 Å². The van der Waals surface area contributed by atoms with Crippen LogP contribution in [0.4, 0.5) is 0 Å². The minimum absolute atomic E-state index is 0.587. The van der Waals surface area contributed by atoms with Gasteiger partial charge in [-0.3, -0.25) is 0 Å². The molecule has 0 bridgehead atoms. The zero-order chi connectivity index (χ0) is 12.1. The largest absolute Gasteiger partial charge is 0.310 e. The number of aryl methyl sites for hydroxylation is 1. The number of rotatable bonds is 4. The fourth-order valence-electron chi connectivity index (χ4n) is 2.83. The van der Waals surface area contributed by atoms with E-state index >= 15 is 0 Å². The molecular weight excluding hydrogens is 206 g/mol. The first-order chi connectivity index (χ1) is 8.33. The van der Waals surface area contributed by atoms with E-state index in [2.05, 4.69) is 43.4 Å². The predicted octanol–water partition coefficient (Wildman–Crippen LogP) is 4.09. The fraction of sp³-hybridized carbons (Fsp3) is 0.625. The van der Waals surface area contributed by atoms with Gasteiger partial charge < -0.3 is 5.32 Å². The Bertz CT molecular complexity index is 328. The predicted molar refractivity (Wildman–Crippen MR) is 74.2 cm³/mol. The molecule has 1 aliphatic rings. The molecule has 1 fully saturated rings. The van der Waals surface area contributed by atoms with E-state index in [1.807, 2.05) is 0 Å². The summed E-state index contributed by atoms with van der Waals surface area (Å²) in [4.78, 5) is 0. The van der Waals surface area contributed by atoms with Crippen molar-refractivity contribution in [3.63, 3.8) is 0 Å². The molecule has 2 rings (SSSR count). The van der Waals surface area contributed by atoms with Crippen molar-refractivity contribution < 1.29 is 0 Å². The molecule has 1 saturated heterocycles. The van der Waals surface area contributed by atoms with Gasteiger partial charge in [-0.05, 0) is 42.9 Å². The van der Waals surface area contributed by atoms with Crippen LogP contribution in [0.3, 0.4) is 0 Å². The van der Waals surface area contributed by atoms with Gasteiger partial charge in [-0.1, -0.05) is 51.0 Å². The van der Waals surface area contributed by atoms with Gasteiger partial charge >= 0.3 is 0 Å². The van der Waals surface area contributed by atoms with Gasteiger partial charge in [0.1, 0.15) is 0 Å². The molecule has 1 aromatic rings. The molecule has 1 nitrogen and oxygen atoms in total. The Morgan fingerprint density at radius 2 is 1.94 bits per heavy atom. The summed E-state index contributed by atoms with van der Waals surface area (Å²) in [5.41, 5.74) is 2.95. The van der Waals surface area contributed by atoms with Crippen molar-refractivity contribution in [3.05, 3.63) is 35.4 Å². The zero-order valence-electron chi connectivity index (χ0n) is 11.2. The summed E-state index contributed by atoms with van der Waals surface area (Å²) < 4.78 is 0. The molecule has 17 heavy (non-hydrogen) atoms. The van der Waals surface area contributed by atoms with Crippen LogP contribution >= 0.6 is 0 Å². The zero-order valence-corrected chi connectivity index (χ0v) is 11.2. The number of piperidine rings is 1. The van der Waals surface area contributed by atoms with Crippen molar-refractivity contribution in [1.29, 1.82) is 0 Å². The van der Waals surface area contributed by atoms with E-state index in [1.54, 1.807) is 0 Å². The van der Waals surface area contributed by atoms with E-state index < -0.39 is 0 Å². The van der Waals surface area contributed by atoms with E-state index in [1.165, 1.54) is 49.8 Å². The Balaban J connectivity index is 2.01. The second-order valence-electron chi connectivity index (χ2n) is 5.30. The second kappa shape index (κ2) is 6.20. The number of benzene rings is 1. The highest BCUT2D eigenvalue weighted by atomic mass is 14.9. The molecule has 0 radical (unpaired) electrons. The molecule has 0 aromatic heterocycles. The molecule has 0 saturated carbocycles. The first kappa shape index (κ1) is 12.6. The van der Waals surface area contributed by atoms with Gasteiger partial charge in [0.25, 0.3) is 0 Å². The standard InChI is InChI=1S/C16H25N/c1-3-5-14-6-8-15(9-7-14)16-12-13(4-2)10-11-17-16/h6-9,13,16-17H,3-5,10-12H2,1-2H3. The Morgan fingerprint density at radius 3 is 2.59 bits per heavy atom. The van der Waals surface area contributed by atoms with Gasteiger partial charge in [-0.15, -0.1) is 0 Å². The summed E-state index contributed by atoms with van der Waals surface area (Å²) >= 11 is 0. The second-order valence-corrected chi connectivity index (χ2v) is 5.30. The molecule has 0 spiro atoms. The number of hydrogen-bond acceptors (Lipinski definition) is 1. The smallest absolute Gasteiger partial charge is 0.0322 e. The lowest BCUT2D eigenvalue weighted by Crippen LogP contribution is -2.31. The summed E-state index contributed by atoms with van der Waals surface area (Å²) in [7, 11) is 0. The lowest BCUT2D eigenvalue weighted by atomic mass is 9.87. The van der Waals surface area contributed by atoms with E-state index in [0.717, 1.165) is 5.92 Å². The van der Waals surface area contributed by atoms with E-state index in [-0.39, 0.29) is 0 Å². The molecule has 0 amide bonds. The van der Waals surface area contributed by atoms with E-state index in [0.29, 0.717) is 6.04 Å². The van der Waals surface area contributed by atoms with Crippen molar-refractivity contribution in [1.82, 2.24) is 5.32 Å². The molecule has 1 heterocycles. The molecule has 1 heteroatoms. The van der Waals surface area contributed by atoms with E-state index in [4.69, 9.17) is 0 Å². The van der Waals surface area contributed by atoms with Crippen LogP contribution in [-0.2, 0) is 6.42 Å². The topological polar surface area (TPSA) is 12.0 Å². The maximum absolute atomic E-state index is 3.65. The lowest BCUT2D eigenvalue weighted by Gasteiger charge is -2.30. The van der Waals surface area contributed by atoms with Crippen molar-refractivity contribution in [3.8, 4) is 0 Å². The van der Waals surface area contributed by atoms with Crippen LogP contribution in [0.2, 0.25) is 0 Å². The van der Waals surface area contributed by atoms with Crippen LogP contribution in [-0.4, -0.2) is 6.54 Å². The van der Waals surface area contributed by atoms with Crippen LogP contribution in [0.1, 0.15) is 56.7 Å². The van der Waals surface area contributed by atoms with Gasteiger partial charge in [0, 0.05) is 6.04 Å². The van der Waals surface area contributed by atoms with Crippen LogP contribution < -0.4 is 5.32 Å². The quantitative estimate of drug-likeness (QED) is 0.823. The molecule has 1 aromatic carbocycles. The Labute approximate surface area is 106 Å². The first-order valence-corrected chi connectivity index (χ1v) is 7.15. The van der Waals surface area contributed by atoms with Gasteiger partial charge in [-0.25, -0.2) is 0 Å². The molecule has 2 atom stereocenters. The highest BCUT2D eigenvalue weighted by Crippen LogP contribution is 2.29. The third-order valence-corrected chi connectivity index (χ3v) is 4.01. The summed E-state index contributed by atoms with van der Waals surface area (Å²) in [5, 5.41) is 3.65. The summed E-state index contributed by atoms with van der Waals surface area (Å²) in [6.07, 6.45) is 6.42. The van der Waals surface area contributed by atoms with Gasteiger partial charge in [0.2, 0.25) is 0 Å². The molecule has 1 aliphatic heterocycles. The highest BCUT2D eigenvalue weighted by molar-refractivity contribution is 5.25. The Morgan fingerprint density at radius 1 is 1.18 bits per heavy atom. The molecular formula is C16H25N. The summed E-state index contributed by atoms with van der Waals surface area (Å²) in [6, 6.07) is 9.83. The third kappa shape index (κ3) is 3.32. The van der Waals surface area contributed by atoms with Crippen LogP contribution in [0, 0.1) is 5.92 Å². The summed E-state index contributed by atoms with van der Waals surface area (Å²) in [5.74, 6) is 0.913. The third-order valence-electron chi connectivity index (χ3n) is 4.01. The fourth-order valence-corrected chi connectivity index (χ4v) is 2.83. The average Bonchev–Trinajstić information content (AvgIpc) is 2.40. The highest BCUT2D eigenvalue weighted by Gasteiger charge is 2.21. The Kier molecular flexibility index (Phi) is 4.61. The van der Waals surface area contributed by atoms with Crippen molar-refractivity contribution >= 4 is 0 Å². The molecule has 0 aliphatic carbocycles.